The summed E-state index contributed by atoms with van der Waals surface area (Å²) in [5.74, 6) is -3.35. The summed E-state index contributed by atoms with van der Waals surface area (Å²) in [6.45, 7) is 1.86. The van der Waals surface area contributed by atoms with E-state index in [0.29, 0.717) is 12.8 Å². The van der Waals surface area contributed by atoms with E-state index in [-0.39, 0.29) is 17.7 Å². The van der Waals surface area contributed by atoms with Crippen molar-refractivity contribution >= 4 is 15.9 Å². The molecule has 0 aliphatic heterocycles. The molecule has 1 saturated carbocycles. The van der Waals surface area contributed by atoms with Crippen LogP contribution in [0.3, 0.4) is 0 Å². The normalized spacial score (nSPS) is 20.7. The summed E-state index contributed by atoms with van der Waals surface area (Å²) in [6, 6.07) is 3.54. The highest BCUT2D eigenvalue weighted by Gasteiger charge is 2.49. The number of benzene rings is 1. The number of sulfonamides is 1. The number of unbranched alkanes of at least 4 members (excludes halogenated alkanes) is 1. The van der Waals surface area contributed by atoms with E-state index < -0.39 is 39.4 Å². The molecule has 0 radical (unpaired) electrons. The van der Waals surface area contributed by atoms with Gasteiger partial charge >= 0.3 is 0 Å². The largest absolute Gasteiger partial charge is 0.273 e. The van der Waals surface area contributed by atoms with Crippen LogP contribution < -0.4 is 0 Å². The van der Waals surface area contributed by atoms with Crippen molar-refractivity contribution in [1.29, 1.82) is 0 Å². The summed E-state index contributed by atoms with van der Waals surface area (Å²) < 4.78 is 52.1. The van der Waals surface area contributed by atoms with Gasteiger partial charge in [-0.3, -0.25) is 4.79 Å². The minimum Gasteiger partial charge on any atom is -0.273 e. The molecule has 1 aromatic carbocycles. The highest BCUT2D eigenvalue weighted by molar-refractivity contribution is 7.89. The summed E-state index contributed by atoms with van der Waals surface area (Å²) in [7, 11) is -2.45. The number of carbonyl (C=O) groups is 1. The second kappa shape index (κ2) is 6.32. The van der Waals surface area contributed by atoms with E-state index in [0.717, 1.165) is 16.4 Å². The molecule has 22 heavy (non-hydrogen) atoms. The topological polar surface area (TPSA) is 54.5 Å². The van der Waals surface area contributed by atoms with Crippen LogP contribution >= 0.6 is 0 Å². The molecule has 0 bridgehead atoms. The summed E-state index contributed by atoms with van der Waals surface area (Å²) in [4.78, 5) is 12.2. The van der Waals surface area contributed by atoms with Crippen molar-refractivity contribution < 1.29 is 22.0 Å². The molecule has 1 amide bonds. The molecule has 122 valence electrons. The minimum absolute atomic E-state index is 0.100. The van der Waals surface area contributed by atoms with E-state index in [1.54, 1.807) is 0 Å². The number of rotatable bonds is 6. The quantitative estimate of drug-likeness (QED) is 0.805. The van der Waals surface area contributed by atoms with Gasteiger partial charge in [-0.25, -0.2) is 21.5 Å². The highest BCUT2D eigenvalue weighted by Crippen LogP contribution is 2.50. The summed E-state index contributed by atoms with van der Waals surface area (Å²) in [6.07, 6.45) is 1.44. The fourth-order valence-electron chi connectivity index (χ4n) is 2.49. The lowest BCUT2D eigenvalue weighted by Gasteiger charge is -2.17. The third-order valence-corrected chi connectivity index (χ3v) is 5.78. The minimum atomic E-state index is -3.66. The zero-order valence-electron chi connectivity index (χ0n) is 12.6. The van der Waals surface area contributed by atoms with Crippen LogP contribution in [0.5, 0.6) is 0 Å². The average molecular weight is 331 g/mol. The average Bonchev–Trinajstić information content (AvgIpc) is 3.23. The van der Waals surface area contributed by atoms with Gasteiger partial charge < -0.3 is 0 Å². The van der Waals surface area contributed by atoms with Crippen LogP contribution in [-0.4, -0.2) is 31.4 Å². The number of hydrogen-bond donors (Lipinski definition) is 0. The van der Waals surface area contributed by atoms with Gasteiger partial charge in [0.1, 0.15) is 11.6 Å². The van der Waals surface area contributed by atoms with Gasteiger partial charge in [0.25, 0.3) is 0 Å². The molecule has 0 spiro atoms. The Hall–Kier alpha value is -1.50. The maximum absolute atomic E-state index is 13.7. The van der Waals surface area contributed by atoms with Crippen molar-refractivity contribution in [2.24, 2.45) is 5.92 Å². The molecular weight excluding hydrogens is 312 g/mol. The fraction of sp³-hybridized carbons (Fsp3) is 0.533. The van der Waals surface area contributed by atoms with Crippen molar-refractivity contribution in [2.45, 2.75) is 32.1 Å². The highest BCUT2D eigenvalue weighted by atomic mass is 32.2. The SMILES string of the molecule is CCCCS(=O)(=O)N(C)C(=O)[C@H]1C[C@@H]1c1c(F)cccc1F. The predicted octanol–water partition coefficient (Wildman–Crippen LogP) is 2.66. The summed E-state index contributed by atoms with van der Waals surface area (Å²) in [5, 5.41) is 0. The van der Waals surface area contributed by atoms with Gasteiger partial charge in [-0.15, -0.1) is 0 Å². The Kier molecular flexibility index (Phi) is 4.84. The Labute approximate surface area is 129 Å². The molecule has 1 aliphatic rings. The lowest BCUT2D eigenvalue weighted by atomic mass is 10.1. The Balaban J connectivity index is 2.10. The first-order chi connectivity index (χ1) is 10.3. The molecule has 0 heterocycles. The first-order valence-electron chi connectivity index (χ1n) is 7.24. The van der Waals surface area contributed by atoms with Gasteiger partial charge in [-0.2, -0.15) is 0 Å². The molecule has 1 aromatic rings. The monoisotopic (exact) mass is 331 g/mol. The van der Waals surface area contributed by atoms with Gasteiger partial charge in [0.05, 0.1) is 5.75 Å². The van der Waals surface area contributed by atoms with E-state index in [1.165, 1.54) is 13.1 Å². The second-order valence-electron chi connectivity index (χ2n) is 5.56. The van der Waals surface area contributed by atoms with E-state index in [2.05, 4.69) is 0 Å². The molecule has 2 atom stereocenters. The van der Waals surface area contributed by atoms with Gasteiger partial charge in [0, 0.05) is 24.4 Å². The molecule has 2 rings (SSSR count). The molecule has 4 nitrogen and oxygen atoms in total. The Morgan fingerprint density at radius 3 is 2.45 bits per heavy atom. The van der Waals surface area contributed by atoms with Gasteiger partial charge in [0.15, 0.2) is 0 Å². The number of hydrogen-bond acceptors (Lipinski definition) is 3. The lowest BCUT2D eigenvalue weighted by molar-refractivity contribution is -0.127. The van der Waals surface area contributed by atoms with Gasteiger partial charge in [0.2, 0.25) is 15.9 Å². The van der Waals surface area contributed by atoms with E-state index in [1.807, 2.05) is 6.92 Å². The van der Waals surface area contributed by atoms with Crippen LogP contribution in [-0.2, 0) is 14.8 Å². The Morgan fingerprint density at radius 2 is 1.91 bits per heavy atom. The van der Waals surface area contributed by atoms with Crippen molar-refractivity contribution in [1.82, 2.24) is 4.31 Å². The molecular formula is C15H19F2NO3S. The van der Waals surface area contributed by atoms with Crippen LogP contribution in [0.15, 0.2) is 18.2 Å². The van der Waals surface area contributed by atoms with Crippen LogP contribution in [0, 0.1) is 17.6 Å². The maximum Gasteiger partial charge on any atom is 0.239 e. The molecule has 7 heteroatoms. The van der Waals surface area contributed by atoms with Gasteiger partial charge in [-0.05, 0) is 25.0 Å². The summed E-state index contributed by atoms with van der Waals surface area (Å²) in [5.41, 5.74) is -0.125. The maximum atomic E-state index is 13.7. The molecule has 0 unspecified atom stereocenters. The molecule has 1 aliphatic carbocycles. The molecule has 0 aromatic heterocycles. The number of nitrogens with zero attached hydrogens (tertiary/aromatic N) is 1. The van der Waals surface area contributed by atoms with Crippen molar-refractivity contribution in [3.8, 4) is 0 Å². The molecule has 0 saturated heterocycles. The first-order valence-corrected chi connectivity index (χ1v) is 8.84. The second-order valence-corrected chi connectivity index (χ2v) is 7.68. The van der Waals surface area contributed by atoms with Gasteiger partial charge in [-0.1, -0.05) is 19.4 Å². The van der Waals surface area contributed by atoms with Crippen molar-refractivity contribution in [3.05, 3.63) is 35.4 Å². The fourth-order valence-corrected chi connectivity index (χ4v) is 3.82. The Bertz CT molecular complexity index is 655. The van der Waals surface area contributed by atoms with Crippen LogP contribution in [0.4, 0.5) is 8.78 Å². The zero-order valence-corrected chi connectivity index (χ0v) is 13.4. The van der Waals surface area contributed by atoms with Crippen LogP contribution in [0.25, 0.3) is 0 Å². The molecule has 0 N–H and O–H groups in total. The van der Waals surface area contributed by atoms with Crippen LogP contribution in [0.2, 0.25) is 0 Å². The zero-order chi connectivity index (χ0) is 16.5. The third-order valence-electron chi connectivity index (χ3n) is 3.96. The smallest absolute Gasteiger partial charge is 0.239 e. The first kappa shape index (κ1) is 16.9. The summed E-state index contributed by atoms with van der Waals surface area (Å²) >= 11 is 0. The molecule has 1 fully saturated rings. The van der Waals surface area contributed by atoms with Crippen LogP contribution in [0.1, 0.15) is 37.7 Å². The number of carbonyl (C=O) groups excluding carboxylic acids is 1. The van der Waals surface area contributed by atoms with E-state index in [4.69, 9.17) is 0 Å². The van der Waals surface area contributed by atoms with Crippen molar-refractivity contribution in [3.63, 3.8) is 0 Å². The van der Waals surface area contributed by atoms with Crippen molar-refractivity contribution in [2.75, 3.05) is 12.8 Å². The Morgan fingerprint density at radius 1 is 1.32 bits per heavy atom. The standard InChI is InChI=1S/C15H19F2NO3S/c1-3-4-8-22(20,21)18(2)15(19)11-9-10(11)14-12(16)6-5-7-13(14)17/h5-7,10-11H,3-4,8-9H2,1-2H3/t10-,11-/m0/s1. The number of halogens is 2. The van der Waals surface area contributed by atoms with E-state index in [9.17, 15) is 22.0 Å². The lowest BCUT2D eigenvalue weighted by Crippen LogP contribution is -2.36. The number of amides is 1. The van der Waals surface area contributed by atoms with E-state index >= 15 is 0 Å². The predicted molar refractivity (Wildman–Crippen MR) is 78.7 cm³/mol. The third kappa shape index (κ3) is 3.29.